The molecule has 8 heteroatoms. The van der Waals surface area contributed by atoms with Gasteiger partial charge in [0.2, 0.25) is 0 Å². The largest absolute Gasteiger partial charge is 0.456 e. The summed E-state index contributed by atoms with van der Waals surface area (Å²) in [5.74, 6) is -0.727. The molecule has 8 nitrogen and oxygen atoms in total. The molecule has 0 fully saturated rings. The van der Waals surface area contributed by atoms with Crippen LogP contribution in [0.4, 0.5) is 5.69 Å². The summed E-state index contributed by atoms with van der Waals surface area (Å²) in [5, 5.41) is 10.8. The Balaban J connectivity index is 1.81. The third-order valence-electron chi connectivity index (χ3n) is 3.58. The molecule has 0 amide bonds. The van der Waals surface area contributed by atoms with Gasteiger partial charge >= 0.3 is 5.97 Å². The fraction of sp³-hybridized carbons (Fsp3) is 0.118. The summed E-state index contributed by atoms with van der Waals surface area (Å²) in [6.45, 7) is 1.58. The zero-order valence-corrected chi connectivity index (χ0v) is 13.2. The Morgan fingerprint density at radius 2 is 2.00 bits per heavy atom. The molecule has 0 saturated carbocycles. The molecule has 0 atom stereocenters. The van der Waals surface area contributed by atoms with Gasteiger partial charge in [-0.05, 0) is 25.1 Å². The second-order valence-electron chi connectivity index (χ2n) is 5.33. The summed E-state index contributed by atoms with van der Waals surface area (Å²) in [5.41, 5.74) is 1.08. The highest BCUT2D eigenvalue weighted by Crippen LogP contribution is 2.14. The average Bonchev–Trinajstić information content (AvgIpc) is 2.59. The van der Waals surface area contributed by atoms with Crippen LogP contribution in [0.1, 0.15) is 21.7 Å². The van der Waals surface area contributed by atoms with Crippen LogP contribution in [0.3, 0.4) is 0 Å². The number of pyridine rings is 1. The van der Waals surface area contributed by atoms with Crippen molar-refractivity contribution in [3.8, 4) is 0 Å². The molecule has 1 aromatic carbocycles. The van der Waals surface area contributed by atoms with Gasteiger partial charge in [-0.3, -0.25) is 19.3 Å². The van der Waals surface area contributed by atoms with Crippen LogP contribution in [0, 0.1) is 17.0 Å². The molecule has 3 rings (SSSR count). The number of hydrogen-bond acceptors (Lipinski definition) is 6. The Hall–Kier alpha value is -3.55. The first-order valence-electron chi connectivity index (χ1n) is 7.35. The summed E-state index contributed by atoms with van der Waals surface area (Å²) in [6.07, 6.45) is 0. The van der Waals surface area contributed by atoms with Crippen LogP contribution in [0.2, 0.25) is 0 Å². The summed E-state index contributed by atoms with van der Waals surface area (Å²) in [6, 6.07) is 11.8. The highest BCUT2D eigenvalue weighted by Gasteiger charge is 2.13. The normalized spacial score (nSPS) is 10.6. The molecule has 0 N–H and O–H groups in total. The van der Waals surface area contributed by atoms with Gasteiger partial charge in [0.1, 0.15) is 12.3 Å². The van der Waals surface area contributed by atoms with Crippen LogP contribution in [-0.4, -0.2) is 20.3 Å². The van der Waals surface area contributed by atoms with E-state index in [0.29, 0.717) is 11.3 Å². The van der Waals surface area contributed by atoms with E-state index in [1.54, 1.807) is 25.1 Å². The van der Waals surface area contributed by atoms with Gasteiger partial charge < -0.3 is 4.74 Å². The zero-order valence-electron chi connectivity index (χ0n) is 13.2. The molecule has 0 aliphatic heterocycles. The lowest BCUT2D eigenvalue weighted by atomic mass is 10.2. The predicted molar refractivity (Wildman–Crippen MR) is 88.4 cm³/mol. The van der Waals surface area contributed by atoms with Crippen molar-refractivity contribution in [1.29, 1.82) is 0 Å². The summed E-state index contributed by atoms with van der Waals surface area (Å²) in [4.78, 5) is 38.6. The van der Waals surface area contributed by atoms with Crippen molar-refractivity contribution in [2.45, 2.75) is 13.5 Å². The van der Waals surface area contributed by atoms with Gasteiger partial charge in [0.05, 0.1) is 16.2 Å². The summed E-state index contributed by atoms with van der Waals surface area (Å²) >= 11 is 0. The molecule has 25 heavy (non-hydrogen) atoms. The first-order valence-corrected chi connectivity index (χ1v) is 7.35. The number of nitrogens with zero attached hydrogens (tertiary/aromatic N) is 3. The lowest BCUT2D eigenvalue weighted by Crippen LogP contribution is -2.18. The summed E-state index contributed by atoms with van der Waals surface area (Å²) in [7, 11) is 0. The average molecular weight is 339 g/mol. The number of nitro benzene ring substituents is 1. The Bertz CT molecular complexity index is 1040. The van der Waals surface area contributed by atoms with E-state index >= 15 is 0 Å². The van der Waals surface area contributed by atoms with E-state index in [9.17, 15) is 19.7 Å². The second kappa shape index (κ2) is 6.52. The fourth-order valence-electron chi connectivity index (χ4n) is 2.41. The van der Waals surface area contributed by atoms with Gasteiger partial charge in [0, 0.05) is 23.9 Å². The number of non-ortho nitro benzene ring substituents is 1. The number of carbonyl (C=O) groups excluding carboxylic acids is 1. The number of benzene rings is 1. The first-order chi connectivity index (χ1) is 12.0. The number of carbonyl (C=O) groups is 1. The monoisotopic (exact) mass is 339 g/mol. The molecule has 0 radical (unpaired) electrons. The lowest BCUT2D eigenvalue weighted by molar-refractivity contribution is -0.384. The summed E-state index contributed by atoms with van der Waals surface area (Å²) < 4.78 is 6.56. The van der Waals surface area contributed by atoms with Crippen LogP contribution in [-0.2, 0) is 11.3 Å². The third-order valence-corrected chi connectivity index (χ3v) is 3.58. The SMILES string of the molecule is Cc1cccc2nc(COC(=O)c3cccc([N+](=O)[O-])c3)cc(=O)n12. The van der Waals surface area contributed by atoms with E-state index in [4.69, 9.17) is 4.74 Å². The Morgan fingerprint density at radius 3 is 2.76 bits per heavy atom. The van der Waals surface area contributed by atoms with Crippen molar-refractivity contribution in [3.05, 3.63) is 86.0 Å². The fourth-order valence-corrected chi connectivity index (χ4v) is 2.41. The van der Waals surface area contributed by atoms with E-state index in [1.807, 2.05) is 0 Å². The van der Waals surface area contributed by atoms with Gasteiger partial charge in [0.25, 0.3) is 11.2 Å². The van der Waals surface area contributed by atoms with Gasteiger partial charge in [-0.2, -0.15) is 0 Å². The molecule has 2 heterocycles. The molecule has 2 aromatic heterocycles. The van der Waals surface area contributed by atoms with Gasteiger partial charge in [-0.15, -0.1) is 0 Å². The zero-order chi connectivity index (χ0) is 18.0. The Morgan fingerprint density at radius 1 is 1.24 bits per heavy atom. The minimum absolute atomic E-state index is 0.0579. The van der Waals surface area contributed by atoms with E-state index in [1.165, 1.54) is 28.7 Å². The quantitative estimate of drug-likeness (QED) is 0.410. The van der Waals surface area contributed by atoms with Crippen molar-refractivity contribution in [3.63, 3.8) is 0 Å². The number of ether oxygens (including phenoxy) is 1. The Labute approximate surface area is 141 Å². The van der Waals surface area contributed by atoms with Crippen LogP contribution in [0.15, 0.2) is 53.3 Å². The maximum absolute atomic E-state index is 12.2. The maximum Gasteiger partial charge on any atom is 0.338 e. The van der Waals surface area contributed by atoms with Crippen molar-refractivity contribution in [2.24, 2.45) is 0 Å². The molecule has 0 unspecified atom stereocenters. The van der Waals surface area contributed by atoms with Gasteiger partial charge in [-0.25, -0.2) is 9.78 Å². The molecule has 0 aliphatic rings. The smallest absolute Gasteiger partial charge is 0.338 e. The molecular formula is C17H13N3O5. The molecule has 0 spiro atoms. The molecule has 126 valence electrons. The van der Waals surface area contributed by atoms with Crippen molar-refractivity contribution < 1.29 is 14.5 Å². The maximum atomic E-state index is 12.2. The standard InChI is InChI=1S/C17H13N3O5/c1-11-4-2-7-15-18-13(9-16(21)19(11)15)10-25-17(22)12-5-3-6-14(8-12)20(23)24/h2-9H,10H2,1H3. The predicted octanol–water partition coefficient (Wildman–Crippen LogP) is 2.27. The topological polar surface area (TPSA) is 104 Å². The number of nitro groups is 1. The number of hydrogen-bond donors (Lipinski definition) is 0. The lowest BCUT2D eigenvalue weighted by Gasteiger charge is -2.07. The molecule has 0 saturated heterocycles. The minimum atomic E-state index is -0.727. The highest BCUT2D eigenvalue weighted by molar-refractivity contribution is 5.90. The van der Waals surface area contributed by atoms with Crippen molar-refractivity contribution >= 4 is 17.3 Å². The van der Waals surface area contributed by atoms with Gasteiger partial charge in [-0.1, -0.05) is 12.1 Å². The third kappa shape index (κ3) is 3.37. The number of esters is 1. The van der Waals surface area contributed by atoms with Crippen molar-refractivity contribution in [1.82, 2.24) is 9.38 Å². The van der Waals surface area contributed by atoms with Crippen LogP contribution in [0.25, 0.3) is 5.65 Å². The van der Waals surface area contributed by atoms with E-state index in [2.05, 4.69) is 4.98 Å². The number of aryl methyl sites for hydroxylation is 1. The van der Waals surface area contributed by atoms with Crippen LogP contribution >= 0.6 is 0 Å². The number of aromatic nitrogens is 2. The molecule has 0 bridgehead atoms. The van der Waals surface area contributed by atoms with E-state index in [-0.39, 0.29) is 23.4 Å². The van der Waals surface area contributed by atoms with Crippen molar-refractivity contribution in [2.75, 3.05) is 0 Å². The van der Waals surface area contributed by atoms with E-state index < -0.39 is 10.9 Å². The van der Waals surface area contributed by atoms with Gasteiger partial charge in [0.15, 0.2) is 0 Å². The molecular weight excluding hydrogens is 326 g/mol. The Kier molecular flexibility index (Phi) is 4.25. The second-order valence-corrected chi connectivity index (χ2v) is 5.33. The highest BCUT2D eigenvalue weighted by atomic mass is 16.6. The number of rotatable bonds is 4. The molecule has 3 aromatic rings. The van der Waals surface area contributed by atoms with Crippen LogP contribution in [0.5, 0.6) is 0 Å². The number of fused-ring (bicyclic) bond motifs is 1. The minimum Gasteiger partial charge on any atom is -0.456 e. The van der Waals surface area contributed by atoms with E-state index in [0.717, 1.165) is 11.8 Å². The molecule has 0 aliphatic carbocycles. The first kappa shape index (κ1) is 16.3. The van der Waals surface area contributed by atoms with Crippen LogP contribution < -0.4 is 5.56 Å².